The summed E-state index contributed by atoms with van der Waals surface area (Å²) in [6, 6.07) is 16.2. The lowest BCUT2D eigenvalue weighted by Crippen LogP contribution is -2.29. The molecule has 0 aliphatic carbocycles. The number of aromatic hydroxyl groups is 1. The van der Waals surface area contributed by atoms with Gasteiger partial charge in [0.1, 0.15) is 23.1 Å². The maximum atomic E-state index is 14.0. The molecule has 1 atom stereocenters. The van der Waals surface area contributed by atoms with Crippen LogP contribution in [0.15, 0.2) is 72.3 Å². The summed E-state index contributed by atoms with van der Waals surface area (Å²) in [5.74, 6) is -3.21. The zero-order chi connectivity index (χ0) is 23.7. The highest BCUT2D eigenvalue weighted by molar-refractivity contribution is 6.51. The molecule has 1 unspecified atom stereocenters. The number of hydrogen-bond acceptors (Lipinski definition) is 6. The number of rotatable bonds is 4. The number of nitrogens with zero attached hydrogens (tertiary/aromatic N) is 2. The van der Waals surface area contributed by atoms with E-state index in [0.717, 1.165) is 17.0 Å². The number of ether oxygens (including phenoxy) is 1. The lowest BCUT2D eigenvalue weighted by atomic mass is 9.94. The highest BCUT2D eigenvalue weighted by atomic mass is 19.1. The van der Waals surface area contributed by atoms with E-state index in [9.17, 15) is 24.2 Å². The molecule has 1 aliphatic heterocycles. The van der Waals surface area contributed by atoms with Gasteiger partial charge in [-0.25, -0.2) is 4.39 Å². The van der Waals surface area contributed by atoms with Gasteiger partial charge in [0.15, 0.2) is 0 Å². The third-order valence-electron chi connectivity index (χ3n) is 5.32. The van der Waals surface area contributed by atoms with Gasteiger partial charge in [-0.3, -0.25) is 14.5 Å². The number of phenolic OH excluding ortho intramolecular Hbond substituents is 1. The van der Waals surface area contributed by atoms with E-state index in [0.29, 0.717) is 16.8 Å². The second-order valence-corrected chi connectivity index (χ2v) is 7.27. The van der Waals surface area contributed by atoms with Crippen LogP contribution in [-0.2, 0) is 9.59 Å². The van der Waals surface area contributed by atoms with E-state index >= 15 is 0 Å². The average molecular weight is 444 g/mol. The van der Waals surface area contributed by atoms with Crippen LogP contribution in [0, 0.1) is 17.1 Å². The van der Waals surface area contributed by atoms with Crippen molar-refractivity contribution in [2.75, 3.05) is 12.0 Å². The van der Waals surface area contributed by atoms with Gasteiger partial charge in [0, 0.05) is 5.69 Å². The molecule has 8 heteroatoms. The summed E-state index contributed by atoms with van der Waals surface area (Å²) < 4.78 is 19.2. The van der Waals surface area contributed by atoms with E-state index in [1.807, 2.05) is 6.07 Å². The van der Waals surface area contributed by atoms with Crippen LogP contribution in [-0.4, -0.2) is 29.0 Å². The highest BCUT2D eigenvalue weighted by Gasteiger charge is 2.47. The van der Waals surface area contributed by atoms with Crippen molar-refractivity contribution >= 4 is 23.1 Å². The first-order chi connectivity index (χ1) is 15.8. The Morgan fingerprint density at radius 2 is 1.82 bits per heavy atom. The Kier molecular flexibility index (Phi) is 5.54. The Labute approximate surface area is 188 Å². The molecule has 1 aliphatic rings. The normalized spacial score (nSPS) is 17.1. The lowest BCUT2D eigenvalue weighted by molar-refractivity contribution is -0.132. The van der Waals surface area contributed by atoms with Gasteiger partial charge < -0.3 is 14.9 Å². The Balaban J connectivity index is 1.98. The Hall–Kier alpha value is -4.64. The van der Waals surface area contributed by atoms with Gasteiger partial charge in [-0.15, -0.1) is 0 Å². The van der Waals surface area contributed by atoms with E-state index in [4.69, 9.17) is 10.00 Å². The monoisotopic (exact) mass is 444 g/mol. The van der Waals surface area contributed by atoms with Crippen LogP contribution in [0.5, 0.6) is 11.5 Å². The number of carbonyl (C=O) groups is 2. The van der Waals surface area contributed by atoms with Crippen molar-refractivity contribution in [2.45, 2.75) is 6.04 Å². The molecule has 1 heterocycles. The van der Waals surface area contributed by atoms with E-state index in [-0.39, 0.29) is 22.6 Å². The van der Waals surface area contributed by atoms with E-state index < -0.39 is 29.3 Å². The number of amides is 1. The first kappa shape index (κ1) is 21.6. The zero-order valence-corrected chi connectivity index (χ0v) is 17.3. The standard InChI is InChI=1S/C25H17FN2O5/c1-33-20-10-7-16(26)12-19(20)23(30)21-22(15-3-2-4-18(29)11-15)28(25(32)24(21)31)17-8-5-14(13-27)6-9-17/h2-12,22,29-30H,1H3/b23-21+. The van der Waals surface area contributed by atoms with Crippen LogP contribution in [0.25, 0.3) is 5.76 Å². The molecule has 33 heavy (non-hydrogen) atoms. The van der Waals surface area contributed by atoms with Crippen LogP contribution >= 0.6 is 0 Å². The SMILES string of the molecule is COc1ccc(F)cc1/C(O)=C1\C(=O)C(=O)N(c2ccc(C#N)cc2)C1c1cccc(O)c1. The van der Waals surface area contributed by atoms with Gasteiger partial charge in [-0.2, -0.15) is 5.26 Å². The van der Waals surface area contributed by atoms with E-state index in [1.165, 1.54) is 55.6 Å². The molecule has 3 aromatic carbocycles. The Bertz CT molecular complexity index is 1340. The van der Waals surface area contributed by atoms with Gasteiger partial charge in [0.05, 0.1) is 35.9 Å². The predicted octanol–water partition coefficient (Wildman–Crippen LogP) is 4.04. The first-order valence-electron chi connectivity index (χ1n) is 9.79. The van der Waals surface area contributed by atoms with Crippen molar-refractivity contribution in [1.29, 1.82) is 5.26 Å². The summed E-state index contributed by atoms with van der Waals surface area (Å²) in [7, 11) is 1.33. The van der Waals surface area contributed by atoms with Crippen molar-refractivity contribution in [3.63, 3.8) is 0 Å². The smallest absolute Gasteiger partial charge is 0.300 e. The van der Waals surface area contributed by atoms with Crippen LogP contribution < -0.4 is 9.64 Å². The van der Waals surface area contributed by atoms with Crippen LogP contribution in [0.4, 0.5) is 10.1 Å². The van der Waals surface area contributed by atoms with Crippen LogP contribution in [0.1, 0.15) is 22.7 Å². The van der Waals surface area contributed by atoms with Crippen molar-refractivity contribution in [2.24, 2.45) is 0 Å². The molecule has 3 aromatic rings. The topological polar surface area (TPSA) is 111 Å². The molecule has 0 aromatic heterocycles. The van der Waals surface area contributed by atoms with Crippen molar-refractivity contribution < 1.29 is 28.9 Å². The molecular weight excluding hydrogens is 427 g/mol. The van der Waals surface area contributed by atoms with E-state index in [2.05, 4.69) is 0 Å². The van der Waals surface area contributed by atoms with Gasteiger partial charge in [0.2, 0.25) is 0 Å². The molecule has 1 fully saturated rings. The van der Waals surface area contributed by atoms with Crippen LogP contribution in [0.3, 0.4) is 0 Å². The molecule has 1 saturated heterocycles. The minimum Gasteiger partial charge on any atom is -0.508 e. The number of hydrogen-bond donors (Lipinski definition) is 2. The zero-order valence-electron chi connectivity index (χ0n) is 17.3. The summed E-state index contributed by atoms with van der Waals surface area (Å²) in [6.07, 6.45) is 0. The quantitative estimate of drug-likeness (QED) is 0.357. The minimum atomic E-state index is -1.13. The number of ketones is 1. The summed E-state index contributed by atoms with van der Waals surface area (Å²) in [5, 5.41) is 30.2. The van der Waals surface area contributed by atoms with Gasteiger partial charge in [0.25, 0.3) is 11.7 Å². The number of carbonyl (C=O) groups excluding carboxylic acids is 2. The third-order valence-corrected chi connectivity index (χ3v) is 5.32. The van der Waals surface area contributed by atoms with Crippen molar-refractivity contribution in [1.82, 2.24) is 0 Å². The summed E-state index contributed by atoms with van der Waals surface area (Å²) in [4.78, 5) is 27.4. The number of halogens is 1. The molecule has 0 radical (unpaired) electrons. The number of aliphatic hydroxyl groups is 1. The van der Waals surface area contributed by atoms with Crippen molar-refractivity contribution in [3.8, 4) is 17.6 Å². The predicted molar refractivity (Wildman–Crippen MR) is 117 cm³/mol. The molecule has 7 nitrogen and oxygen atoms in total. The molecule has 0 spiro atoms. The minimum absolute atomic E-state index is 0.0968. The van der Waals surface area contributed by atoms with Gasteiger partial charge in [-0.1, -0.05) is 12.1 Å². The largest absolute Gasteiger partial charge is 0.508 e. The van der Waals surface area contributed by atoms with Gasteiger partial charge in [-0.05, 0) is 60.2 Å². The van der Waals surface area contributed by atoms with Gasteiger partial charge >= 0.3 is 0 Å². The maximum Gasteiger partial charge on any atom is 0.300 e. The van der Waals surface area contributed by atoms with Crippen molar-refractivity contribution in [3.05, 3.63) is 94.8 Å². The number of nitriles is 1. The summed E-state index contributed by atoms with van der Waals surface area (Å²) in [5.41, 5.74) is 0.609. The molecule has 1 amide bonds. The lowest BCUT2D eigenvalue weighted by Gasteiger charge is -2.25. The molecule has 0 bridgehead atoms. The number of aliphatic hydroxyl groups excluding tert-OH is 1. The van der Waals surface area contributed by atoms with E-state index in [1.54, 1.807) is 6.07 Å². The van der Waals surface area contributed by atoms with Crippen LogP contribution in [0.2, 0.25) is 0 Å². The fourth-order valence-corrected chi connectivity index (χ4v) is 3.82. The molecular formula is C25H17FN2O5. The highest BCUT2D eigenvalue weighted by Crippen LogP contribution is 2.43. The molecule has 164 valence electrons. The number of benzene rings is 3. The fourth-order valence-electron chi connectivity index (χ4n) is 3.82. The molecule has 4 rings (SSSR count). The average Bonchev–Trinajstić information content (AvgIpc) is 3.09. The number of methoxy groups -OCH3 is 1. The Morgan fingerprint density at radius 1 is 1.09 bits per heavy atom. The first-order valence-corrected chi connectivity index (χ1v) is 9.79. The summed E-state index contributed by atoms with van der Waals surface area (Å²) in [6.45, 7) is 0. The second kappa shape index (κ2) is 8.48. The number of Topliss-reactive ketones (excluding diaryl/α,β-unsaturated/α-hetero) is 1. The Morgan fingerprint density at radius 3 is 2.45 bits per heavy atom. The summed E-state index contributed by atoms with van der Waals surface area (Å²) >= 11 is 0. The molecule has 0 saturated carbocycles. The maximum absolute atomic E-state index is 14.0. The fraction of sp³-hybridized carbons (Fsp3) is 0.0800. The third kappa shape index (κ3) is 3.77. The number of phenols is 1. The number of anilines is 1. The second-order valence-electron chi connectivity index (χ2n) is 7.27. The molecule has 2 N–H and O–H groups in total.